The molecular weight excluding hydrogens is 258 g/mol. The number of sulfone groups is 1. The fourth-order valence-electron chi connectivity index (χ4n) is 1.45. The minimum Gasteiger partial charge on any atom is -0.410 e. The number of carbonyl (C=O) groups excluding carboxylic acids is 1. The maximum atomic E-state index is 11.2. The van der Waals surface area contributed by atoms with E-state index in [1.807, 2.05) is 13.8 Å². The van der Waals surface area contributed by atoms with Crippen LogP contribution in [0.15, 0.2) is 9.64 Å². The number of amides is 1. The van der Waals surface area contributed by atoms with Crippen LogP contribution >= 0.6 is 0 Å². The summed E-state index contributed by atoms with van der Waals surface area (Å²) in [6.07, 6.45) is 1.57. The number of carbonyl (C=O) groups is 1. The Hall–Kier alpha value is -1.44. The van der Waals surface area contributed by atoms with E-state index in [0.717, 1.165) is 6.26 Å². The Morgan fingerprint density at radius 2 is 2.00 bits per heavy atom. The molecule has 1 aromatic heterocycles. The smallest absolute Gasteiger partial charge is 0.335 e. The Labute approximate surface area is 106 Å². The van der Waals surface area contributed by atoms with E-state index in [2.05, 4.69) is 15.5 Å². The molecule has 0 saturated carbocycles. The number of nitrogens with zero attached hydrogens (tertiary/aromatic N) is 2. The van der Waals surface area contributed by atoms with Crippen LogP contribution in [0.25, 0.3) is 0 Å². The third kappa shape index (κ3) is 4.10. The van der Waals surface area contributed by atoms with Crippen LogP contribution in [0.3, 0.4) is 0 Å². The molecule has 0 aromatic carbocycles. The van der Waals surface area contributed by atoms with E-state index in [4.69, 9.17) is 4.42 Å². The lowest BCUT2D eigenvalue weighted by atomic mass is 10.0. The molecule has 0 aliphatic heterocycles. The van der Waals surface area contributed by atoms with Gasteiger partial charge in [0.2, 0.25) is 21.6 Å². The van der Waals surface area contributed by atoms with Gasteiger partial charge in [-0.15, -0.1) is 5.10 Å². The van der Waals surface area contributed by atoms with Crippen LogP contribution in [0.5, 0.6) is 0 Å². The summed E-state index contributed by atoms with van der Waals surface area (Å²) >= 11 is 0. The molecule has 0 aliphatic rings. The van der Waals surface area contributed by atoms with Gasteiger partial charge in [0.15, 0.2) is 0 Å². The highest BCUT2D eigenvalue weighted by Gasteiger charge is 2.24. The van der Waals surface area contributed by atoms with Crippen LogP contribution in [0.4, 0.5) is 0 Å². The van der Waals surface area contributed by atoms with Crippen molar-refractivity contribution in [1.29, 1.82) is 0 Å². The van der Waals surface area contributed by atoms with Crippen molar-refractivity contribution in [2.45, 2.75) is 38.5 Å². The van der Waals surface area contributed by atoms with Gasteiger partial charge >= 0.3 is 5.22 Å². The maximum Gasteiger partial charge on any atom is 0.335 e. The fourth-order valence-corrected chi connectivity index (χ4v) is 1.88. The van der Waals surface area contributed by atoms with E-state index in [0.29, 0.717) is 6.42 Å². The number of rotatable bonds is 5. The Bertz CT molecular complexity index is 521. The molecular formula is C10H17N3O4S. The topological polar surface area (TPSA) is 102 Å². The zero-order valence-electron chi connectivity index (χ0n) is 10.8. The van der Waals surface area contributed by atoms with Crippen molar-refractivity contribution in [1.82, 2.24) is 15.5 Å². The molecule has 0 fully saturated rings. The van der Waals surface area contributed by atoms with Crippen molar-refractivity contribution < 1.29 is 17.6 Å². The molecule has 1 N–H and O–H groups in total. The van der Waals surface area contributed by atoms with Gasteiger partial charge in [-0.2, -0.15) is 0 Å². The number of nitrogens with one attached hydrogen (secondary N) is 1. The molecule has 0 radical (unpaired) electrons. The van der Waals surface area contributed by atoms with Gasteiger partial charge in [-0.3, -0.25) is 4.79 Å². The molecule has 0 spiro atoms. The number of aromatic nitrogens is 2. The highest BCUT2D eigenvalue weighted by atomic mass is 32.2. The third-order valence-corrected chi connectivity index (χ3v) is 2.92. The summed E-state index contributed by atoms with van der Waals surface area (Å²) in [4.78, 5) is 11.1. The second-order valence-electron chi connectivity index (χ2n) is 4.56. The lowest BCUT2D eigenvalue weighted by Crippen LogP contribution is -2.27. The summed E-state index contributed by atoms with van der Waals surface area (Å²) in [5.41, 5.74) is 0. The summed E-state index contributed by atoms with van der Waals surface area (Å²) in [5.74, 6) is 0.162. The Balaban J connectivity index is 2.98. The molecule has 0 unspecified atom stereocenters. The normalized spacial score (nSPS) is 13.6. The van der Waals surface area contributed by atoms with Gasteiger partial charge in [-0.1, -0.05) is 18.9 Å². The van der Waals surface area contributed by atoms with Gasteiger partial charge in [0.25, 0.3) is 0 Å². The first-order valence-corrected chi connectivity index (χ1v) is 7.40. The van der Waals surface area contributed by atoms with Gasteiger partial charge in [0.05, 0.1) is 0 Å². The lowest BCUT2D eigenvalue weighted by molar-refractivity contribution is -0.120. The molecule has 1 heterocycles. The van der Waals surface area contributed by atoms with Crippen LogP contribution in [0.2, 0.25) is 0 Å². The van der Waals surface area contributed by atoms with Gasteiger partial charge in [0, 0.05) is 13.2 Å². The summed E-state index contributed by atoms with van der Waals surface area (Å²) in [5, 5.41) is 9.37. The molecule has 0 bridgehead atoms. The predicted octanol–water partition coefficient (Wildman–Crippen LogP) is 0.696. The van der Waals surface area contributed by atoms with Crippen LogP contribution in [-0.4, -0.2) is 30.8 Å². The standard InChI is InChI=1S/C10H17N3O4S/c1-6(2)5-8(11-7(3)14)9-12-13-10(17-9)18(4,15)16/h6,8H,5H2,1-4H3,(H,11,14)/t8-/m0/s1. The molecule has 8 heteroatoms. The van der Waals surface area contributed by atoms with Crippen molar-refractivity contribution in [2.24, 2.45) is 5.92 Å². The maximum absolute atomic E-state index is 11.2. The lowest BCUT2D eigenvalue weighted by Gasteiger charge is -2.15. The first kappa shape index (κ1) is 14.6. The molecule has 0 aliphatic carbocycles. The van der Waals surface area contributed by atoms with Gasteiger partial charge < -0.3 is 9.73 Å². The van der Waals surface area contributed by atoms with Crippen LogP contribution in [-0.2, 0) is 14.6 Å². The fraction of sp³-hybridized carbons (Fsp3) is 0.700. The van der Waals surface area contributed by atoms with Crippen molar-refractivity contribution in [2.75, 3.05) is 6.26 Å². The second-order valence-corrected chi connectivity index (χ2v) is 6.45. The molecule has 1 amide bonds. The number of hydrogen-bond donors (Lipinski definition) is 1. The van der Waals surface area contributed by atoms with Crippen molar-refractivity contribution in [3.05, 3.63) is 5.89 Å². The summed E-state index contributed by atoms with van der Waals surface area (Å²) in [6.45, 7) is 5.33. The Morgan fingerprint density at radius 1 is 1.39 bits per heavy atom. The predicted molar refractivity (Wildman–Crippen MR) is 63.4 cm³/mol. The van der Waals surface area contributed by atoms with E-state index in [-0.39, 0.29) is 17.7 Å². The minimum atomic E-state index is -3.53. The first-order valence-electron chi connectivity index (χ1n) is 5.50. The van der Waals surface area contributed by atoms with E-state index < -0.39 is 21.1 Å². The summed E-state index contributed by atoms with van der Waals surface area (Å²) in [7, 11) is -3.53. The quantitative estimate of drug-likeness (QED) is 0.848. The van der Waals surface area contributed by atoms with Crippen molar-refractivity contribution >= 4 is 15.7 Å². The van der Waals surface area contributed by atoms with E-state index in [1.165, 1.54) is 6.92 Å². The van der Waals surface area contributed by atoms with Gasteiger partial charge in [-0.05, 0) is 12.3 Å². The monoisotopic (exact) mass is 275 g/mol. The van der Waals surface area contributed by atoms with Crippen LogP contribution < -0.4 is 5.32 Å². The molecule has 18 heavy (non-hydrogen) atoms. The van der Waals surface area contributed by atoms with E-state index in [9.17, 15) is 13.2 Å². The largest absolute Gasteiger partial charge is 0.410 e. The SMILES string of the molecule is CC(=O)N[C@@H](CC(C)C)c1nnc(S(C)(=O)=O)o1. The van der Waals surface area contributed by atoms with Gasteiger partial charge in [-0.25, -0.2) is 8.42 Å². The molecule has 1 atom stereocenters. The van der Waals surface area contributed by atoms with Crippen LogP contribution in [0, 0.1) is 5.92 Å². The molecule has 0 saturated heterocycles. The average Bonchev–Trinajstić information content (AvgIpc) is 2.62. The summed E-state index contributed by atoms with van der Waals surface area (Å²) < 4.78 is 27.5. The first-order chi connectivity index (χ1) is 8.20. The highest BCUT2D eigenvalue weighted by Crippen LogP contribution is 2.21. The minimum absolute atomic E-state index is 0.110. The number of hydrogen-bond acceptors (Lipinski definition) is 6. The highest BCUT2D eigenvalue weighted by molar-refractivity contribution is 7.90. The third-order valence-electron chi connectivity index (χ3n) is 2.12. The van der Waals surface area contributed by atoms with Crippen LogP contribution in [0.1, 0.15) is 39.1 Å². The summed E-state index contributed by atoms with van der Waals surface area (Å²) in [6, 6.07) is -0.467. The molecule has 102 valence electrons. The zero-order valence-corrected chi connectivity index (χ0v) is 11.6. The average molecular weight is 275 g/mol. The molecule has 7 nitrogen and oxygen atoms in total. The molecule has 1 rings (SSSR count). The molecule has 1 aromatic rings. The van der Waals surface area contributed by atoms with E-state index >= 15 is 0 Å². The Morgan fingerprint density at radius 3 is 2.39 bits per heavy atom. The second kappa shape index (κ2) is 5.47. The van der Waals surface area contributed by atoms with Gasteiger partial charge in [0.1, 0.15) is 6.04 Å². The Kier molecular flexibility index (Phi) is 4.44. The van der Waals surface area contributed by atoms with Crippen molar-refractivity contribution in [3.8, 4) is 0 Å². The van der Waals surface area contributed by atoms with E-state index in [1.54, 1.807) is 0 Å². The zero-order chi connectivity index (χ0) is 13.9. The van der Waals surface area contributed by atoms with Crippen molar-refractivity contribution in [3.63, 3.8) is 0 Å².